The van der Waals surface area contributed by atoms with Crippen LogP contribution in [-0.4, -0.2) is 47.6 Å². The van der Waals surface area contributed by atoms with E-state index in [1.807, 2.05) is 30.3 Å². The number of fused-ring (bicyclic) bond motifs is 1. The fourth-order valence-corrected chi connectivity index (χ4v) is 4.15. The normalized spacial score (nSPS) is 12.3. The van der Waals surface area contributed by atoms with Crippen LogP contribution in [-0.2, 0) is 29.0 Å². The van der Waals surface area contributed by atoms with Gasteiger partial charge in [0.1, 0.15) is 11.6 Å². The van der Waals surface area contributed by atoms with Gasteiger partial charge in [0.05, 0.1) is 23.6 Å². The highest BCUT2D eigenvalue weighted by Crippen LogP contribution is 2.31. The first kappa shape index (κ1) is 29.6. The van der Waals surface area contributed by atoms with Crippen LogP contribution in [0, 0.1) is 5.82 Å². The fourth-order valence-electron chi connectivity index (χ4n) is 3.91. The quantitative estimate of drug-likeness (QED) is 0.258. The molecule has 0 saturated carbocycles. The topological polar surface area (TPSA) is 125 Å². The van der Waals surface area contributed by atoms with Gasteiger partial charge in [0.15, 0.2) is 12.4 Å². The molecule has 0 saturated heterocycles. The van der Waals surface area contributed by atoms with Gasteiger partial charge in [-0.1, -0.05) is 29.8 Å². The molecule has 39 heavy (non-hydrogen) atoms. The lowest BCUT2D eigenvalue weighted by Gasteiger charge is -2.16. The van der Waals surface area contributed by atoms with Crippen molar-refractivity contribution in [2.75, 3.05) is 25.0 Å². The van der Waals surface area contributed by atoms with E-state index in [-0.39, 0.29) is 31.0 Å². The third-order valence-electron chi connectivity index (χ3n) is 5.96. The Morgan fingerprint density at radius 1 is 0.897 bits per heavy atom. The number of carboxylic acids is 2. The number of hydrogen-bond donors (Lipinski definition) is 4. The Bertz CT molecular complexity index is 1270. The van der Waals surface area contributed by atoms with Gasteiger partial charge >= 0.3 is 11.9 Å². The van der Waals surface area contributed by atoms with Crippen molar-refractivity contribution >= 4 is 35.0 Å². The molecule has 3 aromatic rings. The molecule has 0 spiro atoms. The van der Waals surface area contributed by atoms with Gasteiger partial charge in [-0.05, 0) is 85.1 Å². The van der Waals surface area contributed by atoms with Gasteiger partial charge < -0.3 is 25.6 Å². The minimum absolute atomic E-state index is 0.0942. The number of carboxylic acid groups (broad SMARTS) is 2. The zero-order valence-electron chi connectivity index (χ0n) is 21.2. The zero-order valence-corrected chi connectivity index (χ0v) is 22.0. The van der Waals surface area contributed by atoms with Gasteiger partial charge in [0.25, 0.3) is 0 Å². The second-order valence-corrected chi connectivity index (χ2v) is 9.22. The average molecular weight is 557 g/mol. The highest BCUT2D eigenvalue weighted by Gasteiger charge is 2.15. The Balaban J connectivity index is 0.000000459. The molecule has 1 aliphatic heterocycles. The second kappa shape index (κ2) is 14.8. The predicted octanol–water partition coefficient (Wildman–Crippen LogP) is 4.98. The molecular formula is C29H30ClFN2O6. The van der Waals surface area contributed by atoms with E-state index in [1.54, 1.807) is 0 Å². The van der Waals surface area contributed by atoms with Crippen molar-refractivity contribution in [2.24, 2.45) is 0 Å². The molecule has 0 bridgehead atoms. The number of hydrogen-bond acceptors (Lipinski definition) is 6. The van der Waals surface area contributed by atoms with Crippen molar-refractivity contribution in [3.63, 3.8) is 0 Å². The Labute approximate surface area is 230 Å². The molecule has 206 valence electrons. The van der Waals surface area contributed by atoms with E-state index in [1.165, 1.54) is 35.4 Å². The molecule has 1 aliphatic rings. The summed E-state index contributed by atoms with van der Waals surface area (Å²) in [6.45, 7) is 2.48. The molecule has 0 aromatic heterocycles. The van der Waals surface area contributed by atoms with Gasteiger partial charge in [-0.15, -0.1) is 0 Å². The Hall–Kier alpha value is -3.95. The zero-order chi connectivity index (χ0) is 28.2. The minimum atomic E-state index is -1.08. The third kappa shape index (κ3) is 9.70. The molecule has 0 radical (unpaired) electrons. The van der Waals surface area contributed by atoms with E-state index in [0.29, 0.717) is 17.9 Å². The number of rotatable bonds is 10. The number of carbonyl (C=O) groups is 3. The number of halogens is 2. The van der Waals surface area contributed by atoms with E-state index >= 15 is 0 Å². The lowest BCUT2D eigenvalue weighted by atomic mass is 10.0. The van der Waals surface area contributed by atoms with Crippen molar-refractivity contribution < 1.29 is 33.7 Å². The van der Waals surface area contributed by atoms with Crippen molar-refractivity contribution in [3.8, 4) is 5.75 Å². The summed E-state index contributed by atoms with van der Waals surface area (Å²) in [5.41, 5.74) is 5.14. The van der Waals surface area contributed by atoms with E-state index in [0.717, 1.165) is 42.2 Å². The monoisotopic (exact) mass is 556 g/mol. The predicted molar refractivity (Wildman–Crippen MR) is 146 cm³/mol. The largest absolute Gasteiger partial charge is 0.485 e. The number of ketones is 1. The number of aliphatic carboxylic acids is 2. The van der Waals surface area contributed by atoms with Crippen molar-refractivity contribution in [2.45, 2.75) is 32.2 Å². The number of anilines is 1. The molecule has 4 N–H and O–H groups in total. The summed E-state index contributed by atoms with van der Waals surface area (Å²) in [4.78, 5) is 31.4. The van der Waals surface area contributed by atoms with Crippen LogP contribution in [0.5, 0.6) is 5.75 Å². The maximum absolute atomic E-state index is 13.0. The molecule has 1 heterocycles. The molecule has 0 amide bonds. The number of nitrogens with one attached hydrogen (secondary N) is 2. The van der Waals surface area contributed by atoms with Crippen molar-refractivity contribution in [1.82, 2.24) is 5.32 Å². The summed E-state index contributed by atoms with van der Waals surface area (Å²) in [6.07, 6.45) is 1.36. The van der Waals surface area contributed by atoms with E-state index in [9.17, 15) is 18.8 Å². The van der Waals surface area contributed by atoms with Gasteiger partial charge in [-0.25, -0.2) is 4.39 Å². The molecule has 4 rings (SSSR count). The van der Waals surface area contributed by atoms with Gasteiger partial charge in [-0.3, -0.25) is 14.4 Å². The van der Waals surface area contributed by atoms with Crippen LogP contribution >= 0.6 is 11.6 Å². The first-order valence-corrected chi connectivity index (χ1v) is 12.8. The second-order valence-electron chi connectivity index (χ2n) is 8.81. The summed E-state index contributed by atoms with van der Waals surface area (Å²) < 4.78 is 18.6. The van der Waals surface area contributed by atoms with Crippen molar-refractivity contribution in [3.05, 3.63) is 93.8 Å². The number of carbonyl (C=O) groups excluding carboxylic acids is 1. The molecule has 8 nitrogen and oxygen atoms in total. The molecule has 0 unspecified atom stereocenters. The summed E-state index contributed by atoms with van der Waals surface area (Å²) in [5.74, 6) is -2.11. The van der Waals surface area contributed by atoms with Gasteiger partial charge in [0.2, 0.25) is 0 Å². The van der Waals surface area contributed by atoms with Crippen LogP contribution in [0.4, 0.5) is 10.1 Å². The fraction of sp³-hybridized carbons (Fsp3) is 0.276. The molecule has 3 aromatic carbocycles. The standard InChI is InChI=1S/C25H24ClFN2O2.C4H6O4/c26-23-10-5-18-11-13-28-14-12-22(18)25(23)29-15-17-1-8-21(9-2-17)31-16-24(30)19-3-6-20(27)7-4-19;5-3(6)1-2-4(7)8/h1-10,28-29H,11-16H2;1-2H2,(H,5,6)(H,7,8). The van der Waals surface area contributed by atoms with Gasteiger partial charge in [-0.2, -0.15) is 0 Å². The summed E-state index contributed by atoms with van der Waals surface area (Å²) in [7, 11) is 0. The number of Topliss-reactive ketones (excluding diaryl/α,β-unsaturated/α-hetero) is 1. The highest BCUT2D eigenvalue weighted by molar-refractivity contribution is 6.33. The van der Waals surface area contributed by atoms with Crippen molar-refractivity contribution in [1.29, 1.82) is 0 Å². The minimum Gasteiger partial charge on any atom is -0.485 e. The molecule has 10 heteroatoms. The Morgan fingerprint density at radius 2 is 1.54 bits per heavy atom. The Morgan fingerprint density at radius 3 is 2.18 bits per heavy atom. The lowest BCUT2D eigenvalue weighted by molar-refractivity contribution is -0.143. The lowest BCUT2D eigenvalue weighted by Crippen LogP contribution is -2.16. The van der Waals surface area contributed by atoms with Crippen LogP contribution in [0.2, 0.25) is 5.02 Å². The van der Waals surface area contributed by atoms with Gasteiger partial charge in [0, 0.05) is 12.1 Å². The summed E-state index contributed by atoms with van der Waals surface area (Å²) in [6, 6.07) is 17.1. The van der Waals surface area contributed by atoms with E-state index < -0.39 is 11.9 Å². The van der Waals surface area contributed by atoms with E-state index in [4.69, 9.17) is 26.6 Å². The maximum Gasteiger partial charge on any atom is 0.303 e. The first-order chi connectivity index (χ1) is 18.7. The van der Waals surface area contributed by atoms with Crippen LogP contribution in [0.15, 0.2) is 60.7 Å². The summed E-state index contributed by atoms with van der Waals surface area (Å²) in [5, 5.41) is 23.5. The average Bonchev–Trinajstić information content (AvgIpc) is 3.17. The van der Waals surface area contributed by atoms with E-state index in [2.05, 4.69) is 16.7 Å². The molecule has 0 atom stereocenters. The highest BCUT2D eigenvalue weighted by atomic mass is 35.5. The molecule has 0 aliphatic carbocycles. The Kier molecular flexibility index (Phi) is 11.3. The molecule has 0 fully saturated rings. The van der Waals surface area contributed by atoms with Crippen LogP contribution in [0.1, 0.15) is 39.9 Å². The third-order valence-corrected chi connectivity index (χ3v) is 6.28. The first-order valence-electron chi connectivity index (χ1n) is 12.4. The SMILES string of the molecule is O=C(COc1ccc(CNc2c(Cl)ccc3c2CCNCC3)cc1)c1ccc(F)cc1.O=C(O)CCC(=O)O. The smallest absolute Gasteiger partial charge is 0.303 e. The summed E-state index contributed by atoms with van der Waals surface area (Å²) >= 11 is 6.48. The number of benzene rings is 3. The van der Waals surface area contributed by atoms with Crippen LogP contribution in [0.3, 0.4) is 0 Å². The van der Waals surface area contributed by atoms with Crippen LogP contribution in [0.25, 0.3) is 0 Å². The molecular weight excluding hydrogens is 527 g/mol. The number of ether oxygens (including phenoxy) is 1. The maximum atomic E-state index is 13.0. The van der Waals surface area contributed by atoms with Crippen LogP contribution < -0.4 is 15.4 Å².